The molecule has 3 heterocycles. The standard InChI is InChI=1S/C24H26F2N6O/c1-10-14-7-13-18(8-23(10,14)2)30-31-19(13)21-28-17-6-12(9-27-20(17)29-21)32(3)22(33)11-4-15-16(5-11)24(15,25)26/h6,9-11,14-16H,4-5,7-8H2,1-3H3,(H,30,31)(H,27,28,29)/t10-,11?,14+,15-,16+,23-/m0/s1. The van der Waals surface area contributed by atoms with E-state index in [0.29, 0.717) is 28.5 Å². The van der Waals surface area contributed by atoms with Crippen LogP contribution in [0.4, 0.5) is 14.5 Å². The zero-order valence-corrected chi connectivity index (χ0v) is 18.8. The molecule has 1 amide bonds. The van der Waals surface area contributed by atoms with Gasteiger partial charge in [-0.2, -0.15) is 5.10 Å². The molecule has 4 aliphatic rings. The summed E-state index contributed by atoms with van der Waals surface area (Å²) in [5, 5.41) is 7.79. The van der Waals surface area contributed by atoms with Gasteiger partial charge in [-0.1, -0.05) is 13.8 Å². The Bertz CT molecular complexity index is 1320. The second-order valence-electron chi connectivity index (χ2n) is 10.9. The monoisotopic (exact) mass is 452 g/mol. The van der Waals surface area contributed by atoms with E-state index >= 15 is 0 Å². The van der Waals surface area contributed by atoms with Crippen molar-refractivity contribution in [1.82, 2.24) is 25.1 Å². The smallest absolute Gasteiger partial charge is 0.254 e. The van der Waals surface area contributed by atoms with Crippen molar-refractivity contribution in [2.24, 2.45) is 35.0 Å². The number of carbonyl (C=O) groups excluding carboxylic acids is 1. The fourth-order valence-electron chi connectivity index (χ4n) is 6.78. The lowest BCUT2D eigenvalue weighted by molar-refractivity contribution is -0.122. The van der Waals surface area contributed by atoms with E-state index in [1.165, 1.54) is 16.2 Å². The number of amides is 1. The molecule has 7 rings (SSSR count). The topological polar surface area (TPSA) is 90.6 Å². The molecule has 3 aromatic rings. The molecule has 0 aromatic carbocycles. The molecule has 33 heavy (non-hydrogen) atoms. The third-order valence-electron chi connectivity index (χ3n) is 9.37. The van der Waals surface area contributed by atoms with Crippen molar-refractivity contribution in [2.75, 3.05) is 11.9 Å². The van der Waals surface area contributed by atoms with Crippen LogP contribution in [0, 0.1) is 35.0 Å². The SMILES string of the molecule is C[C@H]1[C@H]2Cc3c(-c4nc5ncc(N(C)C(=O)C6C[C@@H]7[C@H](C6)C7(F)F)cc5[nH]4)n[nH]c3C[C@]21C. The fraction of sp³-hybridized carbons (Fsp3) is 0.583. The van der Waals surface area contributed by atoms with Gasteiger partial charge in [-0.05, 0) is 49.0 Å². The minimum absolute atomic E-state index is 0.123. The number of rotatable bonds is 3. The van der Waals surface area contributed by atoms with Crippen molar-refractivity contribution in [3.8, 4) is 11.5 Å². The van der Waals surface area contributed by atoms with Gasteiger partial charge in [0.1, 0.15) is 5.69 Å². The quantitative estimate of drug-likeness (QED) is 0.629. The first-order chi connectivity index (χ1) is 15.7. The number of nitrogens with zero attached hydrogens (tertiary/aromatic N) is 4. The lowest BCUT2D eigenvalue weighted by atomic mass is 9.87. The van der Waals surface area contributed by atoms with Crippen molar-refractivity contribution in [3.05, 3.63) is 23.5 Å². The van der Waals surface area contributed by atoms with Crippen LogP contribution in [0.1, 0.15) is 37.9 Å². The molecule has 3 fully saturated rings. The fourth-order valence-corrected chi connectivity index (χ4v) is 6.78. The maximum Gasteiger partial charge on any atom is 0.254 e. The van der Waals surface area contributed by atoms with Crippen LogP contribution >= 0.6 is 0 Å². The van der Waals surface area contributed by atoms with Crippen molar-refractivity contribution >= 4 is 22.8 Å². The Kier molecular flexibility index (Phi) is 3.56. The largest absolute Gasteiger partial charge is 0.335 e. The van der Waals surface area contributed by atoms with Crippen LogP contribution in [0.3, 0.4) is 0 Å². The van der Waals surface area contributed by atoms with Gasteiger partial charge in [-0.15, -0.1) is 0 Å². The minimum Gasteiger partial charge on any atom is -0.335 e. The summed E-state index contributed by atoms with van der Waals surface area (Å²) in [6.45, 7) is 4.69. The minimum atomic E-state index is -2.57. The molecule has 3 saturated carbocycles. The van der Waals surface area contributed by atoms with E-state index in [1.807, 2.05) is 6.07 Å². The first-order valence-electron chi connectivity index (χ1n) is 11.8. The Morgan fingerprint density at radius 3 is 2.76 bits per heavy atom. The Labute approximate surface area is 189 Å². The van der Waals surface area contributed by atoms with Crippen molar-refractivity contribution in [3.63, 3.8) is 0 Å². The highest BCUT2D eigenvalue weighted by molar-refractivity contribution is 5.96. The molecule has 9 heteroatoms. The number of H-pyrrole nitrogens is 2. The normalized spacial score (nSPS) is 35.1. The molecule has 3 aromatic heterocycles. The average molecular weight is 453 g/mol. The molecule has 0 spiro atoms. The maximum absolute atomic E-state index is 13.5. The molecule has 7 nitrogen and oxygen atoms in total. The zero-order valence-electron chi connectivity index (χ0n) is 18.8. The van der Waals surface area contributed by atoms with Crippen LogP contribution in [0.5, 0.6) is 0 Å². The molecule has 0 radical (unpaired) electrons. The Morgan fingerprint density at radius 2 is 2.00 bits per heavy atom. The van der Waals surface area contributed by atoms with Gasteiger partial charge in [0.15, 0.2) is 11.5 Å². The molecular weight excluding hydrogens is 426 g/mol. The Hall–Kier alpha value is -2.84. The molecule has 4 aliphatic carbocycles. The summed E-state index contributed by atoms with van der Waals surface area (Å²) in [5.74, 6) is -2.18. The van der Waals surface area contributed by atoms with E-state index in [4.69, 9.17) is 0 Å². The number of hydrogen-bond donors (Lipinski definition) is 2. The number of anilines is 1. The lowest BCUT2D eigenvalue weighted by Crippen LogP contribution is -2.33. The first kappa shape index (κ1) is 19.6. The number of carbonyl (C=O) groups is 1. The third kappa shape index (κ3) is 2.53. The molecule has 1 unspecified atom stereocenters. The number of aromatic amines is 2. The van der Waals surface area contributed by atoms with E-state index < -0.39 is 17.8 Å². The second kappa shape index (κ2) is 5.98. The van der Waals surface area contributed by atoms with Crippen LogP contribution in [0.2, 0.25) is 0 Å². The predicted molar refractivity (Wildman–Crippen MR) is 118 cm³/mol. The summed E-state index contributed by atoms with van der Waals surface area (Å²) < 4.78 is 27.0. The highest BCUT2D eigenvalue weighted by Crippen LogP contribution is 2.66. The van der Waals surface area contributed by atoms with E-state index in [9.17, 15) is 13.6 Å². The summed E-state index contributed by atoms with van der Waals surface area (Å²) in [7, 11) is 1.68. The van der Waals surface area contributed by atoms with Gasteiger partial charge in [0, 0.05) is 36.1 Å². The summed E-state index contributed by atoms with van der Waals surface area (Å²) in [5.41, 5.74) is 5.59. The van der Waals surface area contributed by atoms with Crippen LogP contribution in [-0.2, 0) is 17.6 Å². The number of hydrogen-bond acceptors (Lipinski definition) is 4. The van der Waals surface area contributed by atoms with Gasteiger partial charge in [0.05, 0.1) is 17.4 Å². The van der Waals surface area contributed by atoms with E-state index in [0.717, 1.165) is 30.0 Å². The Balaban J connectivity index is 1.14. The van der Waals surface area contributed by atoms with Crippen LogP contribution in [-0.4, -0.2) is 44.0 Å². The summed E-state index contributed by atoms with van der Waals surface area (Å²) in [6, 6.07) is 1.85. The summed E-state index contributed by atoms with van der Waals surface area (Å²) >= 11 is 0. The lowest BCUT2D eigenvalue weighted by Gasteiger charge is -2.22. The molecule has 6 atom stereocenters. The van der Waals surface area contributed by atoms with Crippen molar-refractivity contribution < 1.29 is 13.6 Å². The first-order valence-corrected chi connectivity index (χ1v) is 11.8. The molecule has 0 aliphatic heterocycles. The predicted octanol–water partition coefficient (Wildman–Crippen LogP) is 3.97. The molecule has 0 saturated heterocycles. The molecule has 172 valence electrons. The van der Waals surface area contributed by atoms with Crippen LogP contribution < -0.4 is 4.90 Å². The van der Waals surface area contributed by atoms with E-state index in [1.54, 1.807) is 13.2 Å². The van der Waals surface area contributed by atoms with Gasteiger partial charge >= 0.3 is 0 Å². The number of fused-ring (bicyclic) bond motifs is 4. The average Bonchev–Trinajstić information content (AvgIpc) is 3.29. The number of halogens is 2. The van der Waals surface area contributed by atoms with E-state index in [2.05, 4.69) is 39.0 Å². The zero-order chi connectivity index (χ0) is 22.9. The number of imidazole rings is 1. The van der Waals surface area contributed by atoms with Gasteiger partial charge in [-0.25, -0.2) is 18.7 Å². The second-order valence-corrected chi connectivity index (χ2v) is 10.9. The third-order valence-corrected chi connectivity index (χ3v) is 9.37. The van der Waals surface area contributed by atoms with Crippen molar-refractivity contribution in [1.29, 1.82) is 0 Å². The highest BCUT2D eigenvalue weighted by atomic mass is 19.3. The molecular formula is C24H26F2N6O. The number of pyridine rings is 1. The van der Waals surface area contributed by atoms with Gasteiger partial charge in [-0.3, -0.25) is 9.89 Å². The van der Waals surface area contributed by atoms with Gasteiger partial charge < -0.3 is 9.88 Å². The van der Waals surface area contributed by atoms with E-state index in [-0.39, 0.29) is 24.7 Å². The highest BCUT2D eigenvalue weighted by Gasteiger charge is 2.72. The maximum atomic E-state index is 13.5. The van der Waals surface area contributed by atoms with Crippen molar-refractivity contribution in [2.45, 2.75) is 45.5 Å². The Morgan fingerprint density at radius 1 is 1.24 bits per heavy atom. The van der Waals surface area contributed by atoms with Crippen LogP contribution in [0.25, 0.3) is 22.7 Å². The molecule has 0 bridgehead atoms. The van der Waals surface area contributed by atoms with Gasteiger partial charge in [0.2, 0.25) is 5.91 Å². The number of alkyl halides is 2. The number of nitrogens with one attached hydrogen (secondary N) is 2. The van der Waals surface area contributed by atoms with Crippen LogP contribution in [0.15, 0.2) is 12.3 Å². The van der Waals surface area contributed by atoms with Gasteiger partial charge in [0.25, 0.3) is 5.92 Å². The summed E-state index contributed by atoms with van der Waals surface area (Å²) in [4.78, 5) is 26.9. The number of aromatic nitrogens is 5. The molecule has 2 N–H and O–H groups in total. The summed E-state index contributed by atoms with van der Waals surface area (Å²) in [6.07, 6.45) is 4.19.